The van der Waals surface area contributed by atoms with Crippen molar-refractivity contribution in [3.63, 3.8) is 0 Å². The van der Waals surface area contributed by atoms with Gasteiger partial charge in [-0.1, -0.05) is 27.7 Å². The summed E-state index contributed by atoms with van der Waals surface area (Å²) >= 11 is 1.48. The summed E-state index contributed by atoms with van der Waals surface area (Å²) < 4.78 is 7.37. The summed E-state index contributed by atoms with van der Waals surface area (Å²) in [6, 6.07) is 1.56. The van der Waals surface area contributed by atoms with Crippen LogP contribution in [0.5, 0.6) is 0 Å². The monoisotopic (exact) mass is 273 g/mol. The van der Waals surface area contributed by atoms with Crippen molar-refractivity contribution < 1.29 is 14.3 Å². The van der Waals surface area contributed by atoms with E-state index in [-0.39, 0.29) is 5.56 Å². The van der Waals surface area contributed by atoms with Gasteiger partial charge in [-0.05, 0) is 24.8 Å². The molecule has 0 amide bonds. The molecule has 18 heavy (non-hydrogen) atoms. The van der Waals surface area contributed by atoms with E-state index >= 15 is 0 Å². The van der Waals surface area contributed by atoms with Gasteiger partial charge in [0.1, 0.15) is 6.26 Å². The average molecular weight is 273 g/mol. The van der Waals surface area contributed by atoms with E-state index in [0.717, 1.165) is 25.9 Å². The molecule has 0 spiro atoms. The van der Waals surface area contributed by atoms with Gasteiger partial charge in [0, 0.05) is 19.2 Å². The number of aromatic carboxylic acids is 1. The molecule has 0 aliphatic carbocycles. The largest absolute Gasteiger partial charge is 0.478 e. The highest BCUT2D eigenvalue weighted by Crippen LogP contribution is 2.25. The first-order valence-electron chi connectivity index (χ1n) is 6.42. The predicted octanol–water partition coefficient (Wildman–Crippen LogP) is 4.13. The van der Waals surface area contributed by atoms with Gasteiger partial charge >= 0.3 is 5.97 Å². The molecule has 0 bridgehead atoms. The van der Waals surface area contributed by atoms with E-state index in [1.165, 1.54) is 18.2 Å². The third kappa shape index (κ3) is 6.12. The summed E-state index contributed by atoms with van der Waals surface area (Å²) in [5.41, 5.74) is 0.204. The molecule has 4 nitrogen and oxygen atoms in total. The van der Waals surface area contributed by atoms with E-state index in [1.54, 1.807) is 6.07 Å². The summed E-state index contributed by atoms with van der Waals surface area (Å²) in [4.78, 5) is 10.7. The van der Waals surface area contributed by atoms with Gasteiger partial charge in [0.15, 0.2) is 5.09 Å². The molecule has 0 unspecified atom stereocenters. The van der Waals surface area contributed by atoms with Crippen molar-refractivity contribution in [3.05, 3.63) is 17.9 Å². The minimum absolute atomic E-state index is 0.204. The molecule has 0 saturated heterocycles. The van der Waals surface area contributed by atoms with Gasteiger partial charge in [-0.2, -0.15) is 0 Å². The fraction of sp³-hybridized carbons (Fsp3) is 0.615. The maximum atomic E-state index is 10.7. The first-order chi connectivity index (χ1) is 8.67. The molecule has 0 saturated carbocycles. The molecule has 104 valence electrons. The minimum atomic E-state index is -0.951. The smallest absolute Gasteiger partial charge is 0.339 e. The lowest BCUT2D eigenvalue weighted by Crippen LogP contribution is -2.17. The predicted molar refractivity (Wildman–Crippen MR) is 75.0 cm³/mol. The van der Waals surface area contributed by atoms with Gasteiger partial charge in [-0.25, -0.2) is 9.10 Å². The molecule has 5 heteroatoms. The van der Waals surface area contributed by atoms with E-state index in [1.807, 2.05) is 13.8 Å². The molecule has 1 rings (SSSR count). The van der Waals surface area contributed by atoms with Crippen molar-refractivity contribution in [1.29, 1.82) is 0 Å². The number of hydrogen-bond acceptors (Lipinski definition) is 4. The number of furan rings is 1. The molecule has 0 atom stereocenters. The van der Waals surface area contributed by atoms with E-state index in [2.05, 4.69) is 18.2 Å². The fourth-order valence-electron chi connectivity index (χ4n) is 1.31. The van der Waals surface area contributed by atoms with Crippen LogP contribution in [0, 0.1) is 0 Å². The summed E-state index contributed by atoms with van der Waals surface area (Å²) in [5, 5.41) is 9.39. The number of rotatable bonds is 7. The molecule has 1 aromatic heterocycles. The summed E-state index contributed by atoms with van der Waals surface area (Å²) in [6.07, 6.45) is 3.42. The van der Waals surface area contributed by atoms with Gasteiger partial charge < -0.3 is 9.52 Å². The van der Waals surface area contributed by atoms with Crippen LogP contribution in [0.2, 0.25) is 0 Å². The Morgan fingerprint density at radius 3 is 2.28 bits per heavy atom. The quantitative estimate of drug-likeness (QED) is 0.757. The summed E-state index contributed by atoms with van der Waals surface area (Å²) in [5.74, 6) is -0.951. The number of carboxylic acids is 1. The van der Waals surface area contributed by atoms with Crippen LogP contribution in [0.1, 0.15) is 50.9 Å². The molecule has 1 aromatic rings. The number of carbonyl (C=O) groups is 1. The van der Waals surface area contributed by atoms with E-state index in [4.69, 9.17) is 9.52 Å². The second-order valence-electron chi connectivity index (χ2n) is 3.48. The molecule has 0 aliphatic rings. The zero-order chi connectivity index (χ0) is 14.0. The van der Waals surface area contributed by atoms with Crippen LogP contribution in [-0.2, 0) is 0 Å². The Hall–Kier alpha value is -0.940. The second kappa shape index (κ2) is 10.0. The van der Waals surface area contributed by atoms with E-state index < -0.39 is 5.97 Å². The van der Waals surface area contributed by atoms with Crippen molar-refractivity contribution in [2.75, 3.05) is 13.1 Å². The molecular weight excluding hydrogens is 250 g/mol. The van der Waals surface area contributed by atoms with Crippen molar-refractivity contribution in [1.82, 2.24) is 4.31 Å². The molecule has 0 radical (unpaired) electrons. The molecule has 1 N–H and O–H groups in total. The van der Waals surface area contributed by atoms with Gasteiger partial charge in [-0.15, -0.1) is 0 Å². The number of hydrogen-bond donors (Lipinski definition) is 1. The zero-order valence-corrected chi connectivity index (χ0v) is 12.4. The third-order valence-corrected chi connectivity index (χ3v) is 3.00. The lowest BCUT2D eigenvalue weighted by molar-refractivity contribution is 0.0696. The summed E-state index contributed by atoms with van der Waals surface area (Å²) in [7, 11) is 0. The molecule has 0 aromatic carbocycles. The fourth-order valence-corrected chi connectivity index (χ4v) is 2.38. The Morgan fingerprint density at radius 1 is 1.33 bits per heavy atom. The number of carboxylic acid groups (broad SMARTS) is 1. The van der Waals surface area contributed by atoms with Crippen molar-refractivity contribution in [2.45, 2.75) is 45.6 Å². The first-order valence-corrected chi connectivity index (χ1v) is 7.19. The third-order valence-electron chi connectivity index (χ3n) is 1.99. The Balaban J connectivity index is 0.00000137. The van der Waals surface area contributed by atoms with Gasteiger partial charge in [0.25, 0.3) is 0 Å². The molecule has 1 heterocycles. The van der Waals surface area contributed by atoms with Crippen LogP contribution in [0.3, 0.4) is 0 Å². The Labute approximate surface area is 113 Å². The van der Waals surface area contributed by atoms with Crippen LogP contribution in [0.25, 0.3) is 0 Å². The van der Waals surface area contributed by atoms with Crippen LogP contribution < -0.4 is 0 Å². The topological polar surface area (TPSA) is 53.7 Å². The van der Waals surface area contributed by atoms with Crippen molar-refractivity contribution >= 4 is 17.9 Å². The van der Waals surface area contributed by atoms with Crippen LogP contribution >= 0.6 is 11.9 Å². The zero-order valence-electron chi connectivity index (χ0n) is 11.6. The lowest BCUT2D eigenvalue weighted by Gasteiger charge is -2.17. The highest BCUT2D eigenvalue weighted by molar-refractivity contribution is 7.96. The maximum Gasteiger partial charge on any atom is 0.339 e. The molecule has 0 fully saturated rings. The highest BCUT2D eigenvalue weighted by Gasteiger charge is 2.12. The van der Waals surface area contributed by atoms with Crippen LogP contribution in [0.15, 0.2) is 21.8 Å². The standard InChI is InChI=1S/C11H17NO3S.C2H6/c1-3-5-12(6-4-2)16-10-7-9(8-15-10)11(13)14;1-2/h7-8H,3-6H2,1-2H3,(H,13,14);1-2H3. The minimum Gasteiger partial charge on any atom is -0.478 e. The Kier molecular flexibility index (Phi) is 9.50. The van der Waals surface area contributed by atoms with Crippen LogP contribution in [-0.4, -0.2) is 28.5 Å². The second-order valence-corrected chi connectivity index (χ2v) is 4.58. The maximum absolute atomic E-state index is 10.7. The van der Waals surface area contributed by atoms with Crippen LogP contribution in [0.4, 0.5) is 0 Å². The highest BCUT2D eigenvalue weighted by atomic mass is 32.2. The average Bonchev–Trinajstić information content (AvgIpc) is 2.81. The lowest BCUT2D eigenvalue weighted by atomic mass is 10.4. The normalized spacial score (nSPS) is 10.1. The number of nitrogens with zero attached hydrogens (tertiary/aromatic N) is 1. The van der Waals surface area contributed by atoms with E-state index in [9.17, 15) is 4.79 Å². The Morgan fingerprint density at radius 2 is 1.89 bits per heavy atom. The molecular formula is C13H23NO3S. The Bertz CT molecular complexity index is 333. The van der Waals surface area contributed by atoms with Crippen molar-refractivity contribution in [3.8, 4) is 0 Å². The van der Waals surface area contributed by atoms with Gasteiger partial charge in [0.05, 0.1) is 5.56 Å². The first kappa shape index (κ1) is 17.1. The van der Waals surface area contributed by atoms with Crippen molar-refractivity contribution in [2.24, 2.45) is 0 Å². The SMILES string of the molecule is CC.CCCN(CCC)Sc1cc(C(=O)O)co1. The van der Waals surface area contributed by atoms with E-state index in [0.29, 0.717) is 5.09 Å². The molecule has 0 aliphatic heterocycles. The van der Waals surface area contributed by atoms with Gasteiger partial charge in [0.2, 0.25) is 0 Å². The summed E-state index contributed by atoms with van der Waals surface area (Å²) in [6.45, 7) is 10.2. The van der Waals surface area contributed by atoms with Gasteiger partial charge in [-0.3, -0.25) is 0 Å².